The van der Waals surface area contributed by atoms with Crippen LogP contribution in [-0.2, 0) is 0 Å². The highest BCUT2D eigenvalue weighted by molar-refractivity contribution is 8.11. The van der Waals surface area contributed by atoms with E-state index in [9.17, 15) is 0 Å². The van der Waals surface area contributed by atoms with Crippen molar-refractivity contribution in [3.05, 3.63) is 34.9 Å². The van der Waals surface area contributed by atoms with Crippen molar-refractivity contribution in [3.63, 3.8) is 0 Å². The van der Waals surface area contributed by atoms with Gasteiger partial charge in [-0.3, -0.25) is 0 Å². The summed E-state index contributed by atoms with van der Waals surface area (Å²) in [6, 6.07) is 6.17. The average Bonchev–Trinajstić information content (AvgIpc) is 1.85. The molecule has 0 saturated carbocycles. The molecule has 0 amide bonds. The van der Waals surface area contributed by atoms with Crippen LogP contribution in [0.5, 0.6) is 0 Å². The van der Waals surface area contributed by atoms with Gasteiger partial charge in [0.2, 0.25) is 0 Å². The Balaban J connectivity index is 3.20. The summed E-state index contributed by atoms with van der Waals surface area (Å²) in [5.74, 6) is 0. The second-order valence-corrected chi connectivity index (χ2v) is 3.78. The minimum atomic E-state index is 0.669. The van der Waals surface area contributed by atoms with E-state index in [2.05, 4.69) is 25.6 Å². The SMILES string of the molecule is Cc1ccc(C(=S)S)c(C)c1. The van der Waals surface area contributed by atoms with Crippen molar-refractivity contribution >= 4 is 29.0 Å². The van der Waals surface area contributed by atoms with E-state index < -0.39 is 0 Å². The molecular formula is C9H10S2. The first-order valence-electron chi connectivity index (χ1n) is 3.42. The van der Waals surface area contributed by atoms with Gasteiger partial charge in [0, 0.05) is 5.56 Å². The molecule has 0 N–H and O–H groups in total. The van der Waals surface area contributed by atoms with Gasteiger partial charge >= 0.3 is 0 Å². The summed E-state index contributed by atoms with van der Waals surface area (Å²) in [5, 5.41) is 0. The topological polar surface area (TPSA) is 0 Å². The van der Waals surface area contributed by atoms with Gasteiger partial charge in [0.25, 0.3) is 0 Å². The molecule has 1 rings (SSSR count). The highest BCUT2D eigenvalue weighted by Crippen LogP contribution is 2.13. The third-order valence-corrected chi connectivity index (χ3v) is 2.07. The Bertz CT molecular complexity index is 290. The predicted molar refractivity (Wildman–Crippen MR) is 56.6 cm³/mol. The Morgan fingerprint density at radius 3 is 2.45 bits per heavy atom. The summed E-state index contributed by atoms with van der Waals surface area (Å²) in [5.41, 5.74) is 3.52. The van der Waals surface area contributed by atoms with E-state index in [-0.39, 0.29) is 0 Å². The zero-order valence-electron chi connectivity index (χ0n) is 6.59. The maximum absolute atomic E-state index is 4.96. The van der Waals surface area contributed by atoms with Gasteiger partial charge in [0.15, 0.2) is 0 Å². The zero-order valence-corrected chi connectivity index (χ0v) is 8.30. The number of rotatable bonds is 1. The quantitative estimate of drug-likeness (QED) is 0.515. The van der Waals surface area contributed by atoms with E-state index in [0.29, 0.717) is 4.20 Å². The van der Waals surface area contributed by atoms with Crippen molar-refractivity contribution in [2.75, 3.05) is 0 Å². The number of thiocarbonyl (C=S) groups is 1. The van der Waals surface area contributed by atoms with Crippen LogP contribution in [-0.4, -0.2) is 4.20 Å². The van der Waals surface area contributed by atoms with E-state index in [1.54, 1.807) is 0 Å². The summed E-state index contributed by atoms with van der Waals surface area (Å²) in [7, 11) is 0. The molecule has 11 heavy (non-hydrogen) atoms. The van der Waals surface area contributed by atoms with Crippen LogP contribution in [0.4, 0.5) is 0 Å². The van der Waals surface area contributed by atoms with E-state index in [1.165, 1.54) is 11.1 Å². The van der Waals surface area contributed by atoms with E-state index >= 15 is 0 Å². The number of thiol groups is 1. The van der Waals surface area contributed by atoms with Crippen LogP contribution in [0.1, 0.15) is 16.7 Å². The fourth-order valence-electron chi connectivity index (χ4n) is 1.05. The van der Waals surface area contributed by atoms with Crippen molar-refractivity contribution in [2.45, 2.75) is 13.8 Å². The number of benzene rings is 1. The molecule has 0 atom stereocenters. The van der Waals surface area contributed by atoms with Crippen LogP contribution in [0.3, 0.4) is 0 Å². The Labute approximate surface area is 78.0 Å². The molecule has 1 aromatic rings. The van der Waals surface area contributed by atoms with Crippen molar-refractivity contribution in [1.82, 2.24) is 0 Å². The molecule has 0 aliphatic rings. The average molecular weight is 182 g/mol. The molecule has 0 heterocycles. The van der Waals surface area contributed by atoms with Crippen LogP contribution in [0.15, 0.2) is 18.2 Å². The molecule has 0 aliphatic carbocycles. The molecule has 0 spiro atoms. The Hall–Kier alpha value is -0.340. The van der Waals surface area contributed by atoms with Crippen LogP contribution in [0, 0.1) is 13.8 Å². The van der Waals surface area contributed by atoms with Gasteiger partial charge in [-0.1, -0.05) is 36.0 Å². The maximum Gasteiger partial charge on any atom is 0.0750 e. The lowest BCUT2D eigenvalue weighted by Crippen LogP contribution is -1.91. The van der Waals surface area contributed by atoms with Crippen molar-refractivity contribution in [3.8, 4) is 0 Å². The van der Waals surface area contributed by atoms with Gasteiger partial charge in [-0.2, -0.15) is 0 Å². The fraction of sp³-hybridized carbons (Fsp3) is 0.222. The summed E-state index contributed by atoms with van der Waals surface area (Å²) in [6.45, 7) is 4.11. The van der Waals surface area contributed by atoms with E-state index in [4.69, 9.17) is 12.2 Å². The predicted octanol–water partition coefficient (Wildman–Crippen LogP) is 2.91. The Kier molecular flexibility index (Phi) is 2.68. The first-order valence-corrected chi connectivity index (χ1v) is 4.27. The van der Waals surface area contributed by atoms with Crippen LogP contribution >= 0.6 is 24.8 Å². The Morgan fingerprint density at radius 1 is 1.36 bits per heavy atom. The van der Waals surface area contributed by atoms with Gasteiger partial charge in [-0.05, 0) is 19.4 Å². The van der Waals surface area contributed by atoms with E-state index in [0.717, 1.165) is 5.56 Å². The molecule has 2 heteroatoms. The minimum absolute atomic E-state index is 0.669. The van der Waals surface area contributed by atoms with E-state index in [1.807, 2.05) is 19.1 Å². The molecule has 58 valence electrons. The highest BCUT2D eigenvalue weighted by Gasteiger charge is 1.99. The zero-order chi connectivity index (χ0) is 8.43. The molecule has 0 unspecified atom stereocenters. The second kappa shape index (κ2) is 3.37. The van der Waals surface area contributed by atoms with Crippen LogP contribution < -0.4 is 0 Å². The monoisotopic (exact) mass is 182 g/mol. The van der Waals surface area contributed by atoms with Crippen molar-refractivity contribution < 1.29 is 0 Å². The molecular weight excluding hydrogens is 172 g/mol. The molecule has 0 aromatic heterocycles. The normalized spacial score (nSPS) is 9.73. The van der Waals surface area contributed by atoms with Crippen molar-refractivity contribution in [2.24, 2.45) is 0 Å². The van der Waals surface area contributed by atoms with Crippen LogP contribution in [0.25, 0.3) is 0 Å². The summed E-state index contributed by atoms with van der Waals surface area (Å²) in [6.07, 6.45) is 0. The lowest BCUT2D eigenvalue weighted by Gasteiger charge is -2.02. The molecule has 0 radical (unpaired) electrons. The standard InChI is InChI=1S/C9H10S2/c1-6-3-4-8(9(10)11)7(2)5-6/h3-5H,1-2H3,(H,10,11). The third kappa shape index (κ3) is 2.04. The van der Waals surface area contributed by atoms with Gasteiger partial charge in [0.1, 0.15) is 0 Å². The molecule has 0 saturated heterocycles. The summed E-state index contributed by atoms with van der Waals surface area (Å²) >= 11 is 9.08. The number of hydrogen-bond acceptors (Lipinski definition) is 1. The van der Waals surface area contributed by atoms with Crippen molar-refractivity contribution in [1.29, 1.82) is 0 Å². The molecule has 0 nitrogen and oxygen atoms in total. The second-order valence-electron chi connectivity index (χ2n) is 2.62. The fourth-order valence-corrected chi connectivity index (χ4v) is 1.53. The molecule has 0 bridgehead atoms. The van der Waals surface area contributed by atoms with Gasteiger partial charge in [-0.25, -0.2) is 0 Å². The molecule has 1 aromatic carbocycles. The van der Waals surface area contributed by atoms with Gasteiger partial charge < -0.3 is 0 Å². The number of aryl methyl sites for hydroxylation is 2. The Morgan fingerprint density at radius 2 is 2.00 bits per heavy atom. The third-order valence-electron chi connectivity index (χ3n) is 1.61. The van der Waals surface area contributed by atoms with Gasteiger partial charge in [0.05, 0.1) is 4.20 Å². The maximum atomic E-state index is 4.96. The molecule has 0 aliphatic heterocycles. The smallest absolute Gasteiger partial charge is 0.0750 e. The summed E-state index contributed by atoms with van der Waals surface area (Å²) < 4.78 is 0.669. The summed E-state index contributed by atoms with van der Waals surface area (Å²) in [4.78, 5) is 0. The lowest BCUT2D eigenvalue weighted by atomic mass is 10.1. The first kappa shape index (κ1) is 8.75. The lowest BCUT2D eigenvalue weighted by molar-refractivity contribution is 1.38. The van der Waals surface area contributed by atoms with Crippen LogP contribution in [0.2, 0.25) is 0 Å². The highest BCUT2D eigenvalue weighted by atomic mass is 32.1. The first-order chi connectivity index (χ1) is 5.11. The molecule has 0 fully saturated rings. The van der Waals surface area contributed by atoms with Gasteiger partial charge in [-0.15, -0.1) is 12.6 Å². The minimum Gasteiger partial charge on any atom is -0.131 e. The largest absolute Gasteiger partial charge is 0.131 e. The number of hydrogen-bond donors (Lipinski definition) is 1.